The third-order valence-electron chi connectivity index (χ3n) is 3.50. The average Bonchev–Trinajstić information content (AvgIpc) is 2.46. The Balaban J connectivity index is 2.09. The molecule has 0 saturated heterocycles. The maximum atomic E-state index is 3.71. The van der Waals surface area contributed by atoms with Gasteiger partial charge < -0.3 is 5.32 Å². The van der Waals surface area contributed by atoms with Crippen LogP contribution in [0.4, 0.5) is 0 Å². The Kier molecular flexibility index (Phi) is 5.82. The molecule has 2 atom stereocenters. The summed E-state index contributed by atoms with van der Waals surface area (Å²) in [7, 11) is 0. The first-order chi connectivity index (χ1) is 9.60. The van der Waals surface area contributed by atoms with Gasteiger partial charge in [-0.3, -0.25) is 0 Å². The van der Waals surface area contributed by atoms with Crippen molar-refractivity contribution in [3.63, 3.8) is 0 Å². The zero-order valence-electron chi connectivity index (χ0n) is 11.7. The van der Waals surface area contributed by atoms with Gasteiger partial charge >= 0.3 is 0 Å². The van der Waals surface area contributed by atoms with E-state index in [2.05, 4.69) is 99.6 Å². The van der Waals surface area contributed by atoms with Crippen molar-refractivity contribution >= 4 is 31.9 Å². The highest BCUT2D eigenvalue weighted by molar-refractivity contribution is 9.10. The summed E-state index contributed by atoms with van der Waals surface area (Å²) >= 11 is 6.96. The molecule has 1 nitrogen and oxygen atoms in total. The Hall–Kier alpha value is -0.640. The monoisotopic (exact) mass is 395 g/mol. The van der Waals surface area contributed by atoms with Gasteiger partial charge in [0.15, 0.2) is 0 Å². The second kappa shape index (κ2) is 7.39. The molecule has 0 radical (unpaired) electrons. The van der Waals surface area contributed by atoms with E-state index in [9.17, 15) is 0 Å². The van der Waals surface area contributed by atoms with Crippen LogP contribution < -0.4 is 5.32 Å². The number of hydrogen-bond donors (Lipinski definition) is 1. The third kappa shape index (κ3) is 4.18. The van der Waals surface area contributed by atoms with Crippen molar-refractivity contribution in [2.45, 2.75) is 32.4 Å². The normalized spacial score (nSPS) is 14.0. The zero-order chi connectivity index (χ0) is 14.5. The van der Waals surface area contributed by atoms with Crippen molar-refractivity contribution in [2.75, 3.05) is 0 Å². The Morgan fingerprint density at radius 1 is 0.850 bits per heavy atom. The van der Waals surface area contributed by atoms with Crippen LogP contribution in [0.5, 0.6) is 0 Å². The predicted octanol–water partition coefficient (Wildman–Crippen LogP) is 6.01. The number of benzene rings is 2. The molecule has 1 N–H and O–H groups in total. The molecule has 20 heavy (non-hydrogen) atoms. The van der Waals surface area contributed by atoms with Crippen molar-refractivity contribution in [3.8, 4) is 0 Å². The van der Waals surface area contributed by atoms with Gasteiger partial charge in [-0.1, -0.05) is 63.0 Å². The maximum Gasteiger partial charge on any atom is 0.0323 e. The summed E-state index contributed by atoms with van der Waals surface area (Å²) in [5, 5.41) is 3.71. The summed E-state index contributed by atoms with van der Waals surface area (Å²) in [5.41, 5.74) is 2.64. The zero-order valence-corrected chi connectivity index (χ0v) is 14.9. The van der Waals surface area contributed by atoms with E-state index in [0.29, 0.717) is 12.1 Å². The van der Waals surface area contributed by atoms with Crippen molar-refractivity contribution in [1.82, 2.24) is 5.32 Å². The highest BCUT2D eigenvalue weighted by Crippen LogP contribution is 2.24. The SMILES string of the molecule is CCC(N[C@@H](C)c1ccc(Br)cc1)c1ccc(Br)cc1. The van der Waals surface area contributed by atoms with Crippen molar-refractivity contribution < 1.29 is 0 Å². The fourth-order valence-electron chi connectivity index (χ4n) is 2.29. The summed E-state index contributed by atoms with van der Waals surface area (Å²) in [6, 6.07) is 17.8. The topological polar surface area (TPSA) is 12.0 Å². The van der Waals surface area contributed by atoms with Crippen LogP contribution in [0.1, 0.15) is 43.5 Å². The molecule has 0 bridgehead atoms. The molecular formula is C17H19Br2N. The molecule has 0 aliphatic rings. The Bertz CT molecular complexity index is 534. The molecule has 0 spiro atoms. The lowest BCUT2D eigenvalue weighted by Gasteiger charge is -2.23. The van der Waals surface area contributed by atoms with Crippen LogP contribution in [-0.4, -0.2) is 0 Å². The summed E-state index contributed by atoms with van der Waals surface area (Å²) in [6.07, 6.45) is 1.07. The number of rotatable bonds is 5. The van der Waals surface area contributed by atoms with Crippen LogP contribution in [0.2, 0.25) is 0 Å². The second-order valence-electron chi connectivity index (χ2n) is 4.95. The van der Waals surface area contributed by atoms with Gasteiger partial charge in [0.05, 0.1) is 0 Å². The maximum absolute atomic E-state index is 3.71. The van der Waals surface area contributed by atoms with Gasteiger partial charge in [0, 0.05) is 21.0 Å². The van der Waals surface area contributed by atoms with Gasteiger partial charge in [-0.05, 0) is 48.7 Å². The van der Waals surface area contributed by atoms with Gasteiger partial charge in [0.1, 0.15) is 0 Å². The molecule has 0 saturated carbocycles. The first-order valence-corrected chi connectivity index (χ1v) is 8.45. The predicted molar refractivity (Wildman–Crippen MR) is 92.9 cm³/mol. The van der Waals surface area contributed by atoms with E-state index in [0.717, 1.165) is 15.4 Å². The van der Waals surface area contributed by atoms with Gasteiger partial charge in [0.2, 0.25) is 0 Å². The third-order valence-corrected chi connectivity index (χ3v) is 4.56. The second-order valence-corrected chi connectivity index (χ2v) is 6.78. The molecule has 0 fully saturated rings. The smallest absolute Gasteiger partial charge is 0.0323 e. The highest BCUT2D eigenvalue weighted by atomic mass is 79.9. The average molecular weight is 397 g/mol. The summed E-state index contributed by atoms with van der Waals surface area (Å²) < 4.78 is 2.24. The minimum Gasteiger partial charge on any atom is -0.303 e. The van der Waals surface area contributed by atoms with Crippen LogP contribution in [0.25, 0.3) is 0 Å². The molecule has 1 unspecified atom stereocenters. The lowest BCUT2D eigenvalue weighted by atomic mass is 10.0. The number of hydrogen-bond acceptors (Lipinski definition) is 1. The van der Waals surface area contributed by atoms with Gasteiger partial charge in [-0.25, -0.2) is 0 Å². The van der Waals surface area contributed by atoms with Crippen molar-refractivity contribution in [2.24, 2.45) is 0 Å². The quantitative estimate of drug-likeness (QED) is 0.651. The minimum absolute atomic E-state index is 0.330. The standard InChI is InChI=1S/C17H19Br2N/c1-3-17(14-6-10-16(19)11-7-14)20-12(2)13-4-8-15(18)9-5-13/h4-12,17,20H,3H2,1-2H3/t12-,17?/m0/s1. The van der Waals surface area contributed by atoms with E-state index in [4.69, 9.17) is 0 Å². The minimum atomic E-state index is 0.330. The molecule has 0 aromatic heterocycles. The number of halogens is 2. The summed E-state index contributed by atoms with van der Waals surface area (Å²) in [4.78, 5) is 0. The Morgan fingerprint density at radius 2 is 1.30 bits per heavy atom. The molecule has 106 valence electrons. The van der Waals surface area contributed by atoms with E-state index in [1.165, 1.54) is 11.1 Å². The number of nitrogens with one attached hydrogen (secondary N) is 1. The van der Waals surface area contributed by atoms with E-state index in [1.54, 1.807) is 0 Å². The fraction of sp³-hybridized carbons (Fsp3) is 0.294. The lowest BCUT2D eigenvalue weighted by molar-refractivity contribution is 0.456. The van der Waals surface area contributed by atoms with Gasteiger partial charge in [-0.2, -0.15) is 0 Å². The molecule has 2 aromatic carbocycles. The van der Waals surface area contributed by atoms with E-state index >= 15 is 0 Å². The van der Waals surface area contributed by atoms with E-state index in [1.807, 2.05) is 0 Å². The fourth-order valence-corrected chi connectivity index (χ4v) is 2.82. The van der Waals surface area contributed by atoms with Gasteiger partial charge in [0.25, 0.3) is 0 Å². The van der Waals surface area contributed by atoms with Crippen LogP contribution in [0, 0.1) is 0 Å². The van der Waals surface area contributed by atoms with Crippen LogP contribution in [0.3, 0.4) is 0 Å². The Labute approximate surface area is 138 Å². The first kappa shape index (κ1) is 15.7. The highest BCUT2D eigenvalue weighted by Gasteiger charge is 2.13. The molecular weight excluding hydrogens is 378 g/mol. The van der Waals surface area contributed by atoms with Crippen LogP contribution in [-0.2, 0) is 0 Å². The molecule has 0 aliphatic heterocycles. The molecule has 3 heteroatoms. The first-order valence-electron chi connectivity index (χ1n) is 6.87. The molecule has 0 heterocycles. The summed E-state index contributed by atoms with van der Waals surface area (Å²) in [5.74, 6) is 0. The van der Waals surface area contributed by atoms with Crippen LogP contribution >= 0.6 is 31.9 Å². The molecule has 2 aromatic rings. The lowest BCUT2D eigenvalue weighted by Crippen LogP contribution is -2.24. The van der Waals surface area contributed by atoms with E-state index < -0.39 is 0 Å². The van der Waals surface area contributed by atoms with Crippen molar-refractivity contribution in [3.05, 3.63) is 68.6 Å². The molecule has 0 aliphatic carbocycles. The Morgan fingerprint density at radius 3 is 1.75 bits per heavy atom. The largest absolute Gasteiger partial charge is 0.303 e. The van der Waals surface area contributed by atoms with Crippen molar-refractivity contribution in [1.29, 1.82) is 0 Å². The molecule has 0 amide bonds. The van der Waals surface area contributed by atoms with E-state index in [-0.39, 0.29) is 0 Å². The molecule has 2 rings (SSSR count). The van der Waals surface area contributed by atoms with Gasteiger partial charge in [-0.15, -0.1) is 0 Å². The summed E-state index contributed by atoms with van der Waals surface area (Å²) in [6.45, 7) is 4.43. The van der Waals surface area contributed by atoms with Crippen LogP contribution in [0.15, 0.2) is 57.5 Å².